The highest BCUT2D eigenvalue weighted by molar-refractivity contribution is 7.26. The number of hydrogen-bond acceptors (Lipinski definition) is 4. The van der Waals surface area contributed by atoms with Gasteiger partial charge in [-0.05, 0) is 54.6 Å². The van der Waals surface area contributed by atoms with E-state index in [1.54, 1.807) is 0 Å². The van der Waals surface area contributed by atoms with Crippen LogP contribution in [0.2, 0.25) is 0 Å². The summed E-state index contributed by atoms with van der Waals surface area (Å²) >= 11 is 1.81. The third kappa shape index (κ3) is 4.98. The molecule has 8 aromatic carbocycles. The number of fused-ring (bicyclic) bond motifs is 9. The topological polar surface area (TPSA) is 48.5 Å². The Morgan fingerprint density at radius 3 is 1.53 bits per heavy atom. The Kier molecular flexibility index (Phi) is 7.03. The molecule has 12 rings (SSSR count). The van der Waals surface area contributed by atoms with Crippen molar-refractivity contribution in [1.82, 2.24) is 24.1 Å². The molecule has 0 atom stereocenters. The van der Waals surface area contributed by atoms with Gasteiger partial charge in [-0.1, -0.05) is 133 Å². The van der Waals surface area contributed by atoms with Gasteiger partial charge in [-0.25, -0.2) is 15.0 Å². The minimum absolute atomic E-state index is 0.655. The molecule has 0 aliphatic rings. The number of hydrogen-bond donors (Lipinski definition) is 0. The van der Waals surface area contributed by atoms with Gasteiger partial charge in [-0.15, -0.1) is 11.3 Å². The number of rotatable bonds is 5. The summed E-state index contributed by atoms with van der Waals surface area (Å²) in [5, 5.41) is 7.43. The molecule has 57 heavy (non-hydrogen) atoms. The van der Waals surface area contributed by atoms with E-state index in [1.165, 1.54) is 63.8 Å². The van der Waals surface area contributed by atoms with Crippen LogP contribution in [0.3, 0.4) is 0 Å². The third-order valence-electron chi connectivity index (χ3n) is 11.2. The zero-order chi connectivity index (χ0) is 37.5. The number of para-hydroxylation sites is 3. The molecule has 266 valence electrons. The second kappa shape index (κ2) is 12.6. The van der Waals surface area contributed by atoms with Gasteiger partial charge in [0.25, 0.3) is 0 Å². The monoisotopic (exact) mass is 745 g/mol. The van der Waals surface area contributed by atoms with E-state index in [9.17, 15) is 0 Å². The van der Waals surface area contributed by atoms with Crippen molar-refractivity contribution in [3.8, 4) is 45.5 Å². The molecule has 0 spiro atoms. The predicted octanol–water partition coefficient (Wildman–Crippen LogP) is 13.4. The Bertz CT molecular complexity index is 3450. The van der Waals surface area contributed by atoms with Crippen LogP contribution in [0.5, 0.6) is 0 Å². The second-order valence-corrected chi connectivity index (χ2v) is 15.5. The first kappa shape index (κ1) is 31.9. The van der Waals surface area contributed by atoms with Gasteiger partial charge in [0.15, 0.2) is 17.5 Å². The fourth-order valence-corrected chi connectivity index (χ4v) is 9.78. The normalized spacial score (nSPS) is 11.9. The molecule has 5 nitrogen and oxygen atoms in total. The molecular weight excluding hydrogens is 715 g/mol. The van der Waals surface area contributed by atoms with Crippen molar-refractivity contribution in [2.75, 3.05) is 0 Å². The average molecular weight is 746 g/mol. The first-order chi connectivity index (χ1) is 28.3. The lowest BCUT2D eigenvalue weighted by atomic mass is 10.1. The molecule has 0 N–H and O–H groups in total. The minimum atomic E-state index is 0.655. The van der Waals surface area contributed by atoms with Gasteiger partial charge in [-0.3, -0.25) is 0 Å². The van der Waals surface area contributed by atoms with Crippen molar-refractivity contribution in [1.29, 1.82) is 0 Å². The standard InChI is InChI=1S/C51H31N5S/c1-4-15-32(16-5-1)49-52-50(33-17-6-2-7-18-33)54-51(53-49)34-27-28-38-47(29-34)57-46-26-14-25-43(48(38)46)56-42-24-13-11-22-37(42)40-30-39-36-21-10-12-23-41(36)55(44(39)31-45(40)56)35-19-8-3-9-20-35/h1-31H. The summed E-state index contributed by atoms with van der Waals surface area (Å²) in [5.41, 5.74) is 9.94. The van der Waals surface area contributed by atoms with Crippen molar-refractivity contribution >= 4 is 75.1 Å². The van der Waals surface area contributed by atoms with Crippen LogP contribution in [-0.2, 0) is 0 Å². The number of benzene rings is 8. The van der Waals surface area contributed by atoms with E-state index >= 15 is 0 Å². The van der Waals surface area contributed by atoms with E-state index in [-0.39, 0.29) is 0 Å². The maximum Gasteiger partial charge on any atom is 0.164 e. The SMILES string of the molecule is c1ccc(-c2nc(-c3ccccc3)nc(-c3ccc4c(c3)sc3cccc(-n5c6ccccc6c6cc7c8ccccc8n(-c8ccccc8)c7cc65)c34)n2)cc1. The molecule has 12 aromatic rings. The van der Waals surface area contributed by atoms with Crippen LogP contribution in [0.4, 0.5) is 0 Å². The highest BCUT2D eigenvalue weighted by Gasteiger charge is 2.21. The summed E-state index contributed by atoms with van der Waals surface area (Å²) in [6.07, 6.45) is 0. The Morgan fingerprint density at radius 2 is 0.877 bits per heavy atom. The predicted molar refractivity (Wildman–Crippen MR) is 238 cm³/mol. The van der Waals surface area contributed by atoms with Gasteiger partial charge in [0, 0.05) is 64.1 Å². The summed E-state index contributed by atoms with van der Waals surface area (Å²) in [6.45, 7) is 0. The molecule has 6 heteroatoms. The maximum atomic E-state index is 5.03. The number of aromatic nitrogens is 5. The van der Waals surface area contributed by atoms with E-state index in [4.69, 9.17) is 15.0 Å². The molecule has 0 radical (unpaired) electrons. The van der Waals surface area contributed by atoms with E-state index in [0.29, 0.717) is 17.5 Å². The van der Waals surface area contributed by atoms with E-state index in [1.807, 2.05) is 72.0 Å². The lowest BCUT2D eigenvalue weighted by Gasteiger charge is -2.12. The first-order valence-corrected chi connectivity index (χ1v) is 19.9. The Morgan fingerprint density at radius 1 is 0.333 bits per heavy atom. The smallest absolute Gasteiger partial charge is 0.164 e. The Hall–Kier alpha value is -7.41. The van der Waals surface area contributed by atoms with Gasteiger partial charge in [0.05, 0.1) is 27.8 Å². The Balaban J connectivity index is 1.09. The third-order valence-corrected chi connectivity index (χ3v) is 12.3. The zero-order valence-corrected chi connectivity index (χ0v) is 31.4. The fourth-order valence-electron chi connectivity index (χ4n) is 8.62. The molecular formula is C51H31N5S. The molecule has 0 aliphatic heterocycles. The van der Waals surface area contributed by atoms with Crippen LogP contribution in [0.1, 0.15) is 0 Å². The van der Waals surface area contributed by atoms with Crippen LogP contribution < -0.4 is 0 Å². The zero-order valence-electron chi connectivity index (χ0n) is 30.5. The highest BCUT2D eigenvalue weighted by Crippen LogP contribution is 2.44. The second-order valence-electron chi connectivity index (χ2n) is 14.4. The number of thiophene rings is 1. The van der Waals surface area contributed by atoms with Gasteiger partial charge >= 0.3 is 0 Å². The molecule has 0 unspecified atom stereocenters. The van der Waals surface area contributed by atoms with E-state index in [0.717, 1.165) is 28.1 Å². The van der Waals surface area contributed by atoms with Gasteiger partial charge in [-0.2, -0.15) is 0 Å². The average Bonchev–Trinajstić information content (AvgIpc) is 3.93. The van der Waals surface area contributed by atoms with Gasteiger partial charge in [0.1, 0.15) is 0 Å². The van der Waals surface area contributed by atoms with Gasteiger partial charge < -0.3 is 9.13 Å². The Labute approximate surface area is 331 Å². The van der Waals surface area contributed by atoms with Crippen LogP contribution >= 0.6 is 11.3 Å². The first-order valence-electron chi connectivity index (χ1n) is 19.1. The van der Waals surface area contributed by atoms with Crippen LogP contribution in [0.25, 0.3) is 109 Å². The van der Waals surface area contributed by atoms with E-state index < -0.39 is 0 Å². The van der Waals surface area contributed by atoms with Crippen molar-refractivity contribution in [3.05, 3.63) is 188 Å². The van der Waals surface area contributed by atoms with Crippen molar-refractivity contribution in [3.63, 3.8) is 0 Å². The summed E-state index contributed by atoms with van der Waals surface area (Å²) in [5.74, 6) is 1.97. The summed E-state index contributed by atoms with van der Waals surface area (Å²) in [7, 11) is 0. The van der Waals surface area contributed by atoms with E-state index in [2.05, 4.69) is 137 Å². The van der Waals surface area contributed by atoms with Crippen LogP contribution in [0.15, 0.2) is 188 Å². The summed E-state index contributed by atoms with van der Waals surface area (Å²) < 4.78 is 7.30. The van der Waals surface area contributed by atoms with Crippen molar-refractivity contribution in [2.45, 2.75) is 0 Å². The molecule has 0 bridgehead atoms. The molecule has 4 aromatic heterocycles. The number of nitrogens with zero attached hydrogens (tertiary/aromatic N) is 5. The fraction of sp³-hybridized carbons (Fsp3) is 0. The lowest BCUT2D eigenvalue weighted by Crippen LogP contribution is -2.00. The lowest BCUT2D eigenvalue weighted by molar-refractivity contribution is 1.07. The van der Waals surface area contributed by atoms with Crippen molar-refractivity contribution in [2.24, 2.45) is 0 Å². The van der Waals surface area contributed by atoms with Crippen LogP contribution in [-0.4, -0.2) is 24.1 Å². The molecule has 0 saturated heterocycles. The van der Waals surface area contributed by atoms with Crippen molar-refractivity contribution < 1.29 is 0 Å². The molecule has 0 aliphatic carbocycles. The quantitative estimate of drug-likeness (QED) is 0.176. The van der Waals surface area contributed by atoms with Gasteiger partial charge in [0.2, 0.25) is 0 Å². The highest BCUT2D eigenvalue weighted by atomic mass is 32.1. The molecule has 4 heterocycles. The summed E-state index contributed by atoms with van der Waals surface area (Å²) in [4.78, 5) is 15.0. The summed E-state index contributed by atoms with van der Waals surface area (Å²) in [6, 6.07) is 66.7. The maximum absolute atomic E-state index is 5.03. The molecule has 0 amide bonds. The minimum Gasteiger partial charge on any atom is -0.309 e. The molecule has 0 saturated carbocycles. The largest absolute Gasteiger partial charge is 0.309 e. The molecule has 0 fully saturated rings. The van der Waals surface area contributed by atoms with Crippen LogP contribution in [0, 0.1) is 0 Å².